The van der Waals surface area contributed by atoms with Crippen LogP contribution in [-0.2, 0) is 22.7 Å². The van der Waals surface area contributed by atoms with Crippen molar-refractivity contribution < 1.29 is 9.59 Å². The Bertz CT molecular complexity index is 967. The van der Waals surface area contributed by atoms with Gasteiger partial charge in [0.15, 0.2) is 0 Å². The van der Waals surface area contributed by atoms with Gasteiger partial charge < -0.3 is 9.80 Å². The van der Waals surface area contributed by atoms with Gasteiger partial charge in [-0.1, -0.05) is 56.7 Å². The number of benzene rings is 1. The van der Waals surface area contributed by atoms with E-state index >= 15 is 0 Å². The molecule has 4 saturated carbocycles. The summed E-state index contributed by atoms with van der Waals surface area (Å²) in [5.41, 5.74) is 0.916. The van der Waals surface area contributed by atoms with E-state index in [4.69, 9.17) is 0 Å². The average molecular weight is 493 g/mol. The van der Waals surface area contributed by atoms with E-state index in [2.05, 4.69) is 37.4 Å². The molecule has 0 N–H and O–H groups in total. The van der Waals surface area contributed by atoms with Crippen molar-refractivity contribution in [2.24, 2.45) is 29.1 Å². The lowest BCUT2D eigenvalue weighted by Crippen LogP contribution is -2.56. The molecule has 4 fully saturated rings. The maximum Gasteiger partial charge on any atom is 0.242 e. The highest BCUT2D eigenvalue weighted by atomic mass is 32.1. The summed E-state index contributed by atoms with van der Waals surface area (Å²) in [5, 5.41) is 2.06. The molecule has 1 aromatic heterocycles. The Balaban J connectivity index is 1.36. The molecule has 2 aromatic rings. The molecule has 1 unspecified atom stereocenters. The number of carbonyl (C=O) groups excluding carboxylic acids is 2. The molecule has 2 amide bonds. The van der Waals surface area contributed by atoms with Gasteiger partial charge in [0.05, 0.1) is 18.5 Å². The Hall–Kier alpha value is -2.14. The summed E-state index contributed by atoms with van der Waals surface area (Å²) < 4.78 is 0. The Morgan fingerprint density at radius 1 is 0.943 bits per heavy atom. The second-order valence-electron chi connectivity index (χ2n) is 11.7. The van der Waals surface area contributed by atoms with Gasteiger partial charge in [-0.25, -0.2) is 0 Å². The van der Waals surface area contributed by atoms with Gasteiger partial charge in [0, 0.05) is 18.0 Å². The topological polar surface area (TPSA) is 40.6 Å². The summed E-state index contributed by atoms with van der Waals surface area (Å²) in [7, 11) is 0. The molecule has 4 aliphatic carbocycles. The van der Waals surface area contributed by atoms with Crippen molar-refractivity contribution in [1.29, 1.82) is 0 Å². The molecule has 35 heavy (non-hydrogen) atoms. The van der Waals surface area contributed by atoms with Crippen molar-refractivity contribution in [3.05, 3.63) is 58.3 Å². The lowest BCUT2D eigenvalue weighted by molar-refractivity contribution is -0.161. The minimum absolute atomic E-state index is 0.0589. The van der Waals surface area contributed by atoms with Crippen molar-refractivity contribution in [2.45, 2.75) is 71.9 Å². The molecule has 1 aromatic carbocycles. The van der Waals surface area contributed by atoms with Crippen molar-refractivity contribution >= 4 is 23.2 Å². The third kappa shape index (κ3) is 5.50. The first kappa shape index (κ1) is 24.5. The van der Waals surface area contributed by atoms with Crippen LogP contribution in [0.15, 0.2) is 47.8 Å². The van der Waals surface area contributed by atoms with Crippen LogP contribution in [0.4, 0.5) is 0 Å². The molecule has 0 spiro atoms. The molecule has 5 heteroatoms. The standard InChI is InChI=1S/C30H40N2O2S/c1-3-22(2)18-32(29(34)30-15-24-12-25(16-30)14-26(13-24)17-30)21-28(33)31(20-27-10-7-11-35-27)19-23-8-5-4-6-9-23/h4-11,22,24-26H,3,12-21H2,1-2H3. The molecule has 0 radical (unpaired) electrons. The first-order valence-corrected chi connectivity index (χ1v) is 14.5. The largest absolute Gasteiger partial charge is 0.333 e. The molecular formula is C30H40N2O2S. The third-order valence-electron chi connectivity index (χ3n) is 8.83. The number of rotatable bonds is 10. The predicted octanol–water partition coefficient (Wildman–Crippen LogP) is 6.37. The van der Waals surface area contributed by atoms with Crippen LogP contribution in [0.1, 0.15) is 69.2 Å². The lowest BCUT2D eigenvalue weighted by atomic mass is 9.49. The number of carbonyl (C=O) groups is 2. The summed E-state index contributed by atoms with van der Waals surface area (Å²) in [6, 6.07) is 14.3. The second-order valence-corrected chi connectivity index (χ2v) is 12.7. The fraction of sp³-hybridized carbons (Fsp3) is 0.600. The van der Waals surface area contributed by atoms with E-state index < -0.39 is 0 Å². The van der Waals surface area contributed by atoms with E-state index in [1.165, 1.54) is 24.1 Å². The number of nitrogens with zero attached hydrogens (tertiary/aromatic N) is 2. The van der Waals surface area contributed by atoms with Crippen molar-refractivity contribution in [2.75, 3.05) is 13.1 Å². The van der Waals surface area contributed by atoms with Crippen LogP contribution in [0.2, 0.25) is 0 Å². The zero-order valence-electron chi connectivity index (χ0n) is 21.3. The molecule has 188 valence electrons. The quantitative estimate of drug-likeness (QED) is 0.387. The van der Waals surface area contributed by atoms with Crippen LogP contribution in [-0.4, -0.2) is 34.7 Å². The minimum Gasteiger partial charge on any atom is -0.333 e. The normalized spacial score (nSPS) is 27.5. The van der Waals surface area contributed by atoms with Crippen molar-refractivity contribution in [3.8, 4) is 0 Å². The molecule has 0 aliphatic heterocycles. The number of thiophene rings is 1. The molecule has 6 rings (SSSR count). The highest BCUT2D eigenvalue weighted by Gasteiger charge is 2.55. The molecule has 4 aliphatic rings. The summed E-state index contributed by atoms with van der Waals surface area (Å²) in [6.45, 7) is 6.43. The summed E-state index contributed by atoms with van der Waals surface area (Å²) >= 11 is 1.68. The van der Waals surface area contributed by atoms with Gasteiger partial charge in [-0.05, 0) is 79.2 Å². The number of hydrogen-bond donors (Lipinski definition) is 0. The molecule has 4 bridgehead atoms. The monoisotopic (exact) mass is 492 g/mol. The van der Waals surface area contributed by atoms with Crippen molar-refractivity contribution in [1.82, 2.24) is 9.80 Å². The molecule has 1 atom stereocenters. The van der Waals surface area contributed by atoms with Gasteiger partial charge in [-0.2, -0.15) is 0 Å². The maximum absolute atomic E-state index is 14.2. The van der Waals surface area contributed by atoms with Gasteiger partial charge in [-0.3, -0.25) is 9.59 Å². The fourth-order valence-electron chi connectivity index (χ4n) is 7.32. The first-order valence-electron chi connectivity index (χ1n) is 13.6. The van der Waals surface area contributed by atoms with Crippen LogP contribution in [0.3, 0.4) is 0 Å². The van der Waals surface area contributed by atoms with Crippen molar-refractivity contribution in [3.63, 3.8) is 0 Å². The van der Waals surface area contributed by atoms with E-state index in [0.717, 1.165) is 49.0 Å². The van der Waals surface area contributed by atoms with Crippen LogP contribution in [0.5, 0.6) is 0 Å². The highest BCUT2D eigenvalue weighted by Crippen LogP contribution is 2.60. The van der Waals surface area contributed by atoms with Gasteiger partial charge in [0.2, 0.25) is 11.8 Å². The van der Waals surface area contributed by atoms with Gasteiger partial charge in [-0.15, -0.1) is 11.3 Å². The summed E-state index contributed by atoms with van der Waals surface area (Å²) in [6.07, 6.45) is 8.12. The van der Waals surface area contributed by atoms with Crippen LogP contribution < -0.4 is 0 Å². The van der Waals surface area contributed by atoms with E-state index in [1.54, 1.807) is 11.3 Å². The summed E-state index contributed by atoms with van der Waals surface area (Å²) in [5.74, 6) is 2.89. The van der Waals surface area contributed by atoms with Gasteiger partial charge in [0.1, 0.15) is 0 Å². The zero-order chi connectivity index (χ0) is 24.4. The number of hydrogen-bond acceptors (Lipinski definition) is 3. The fourth-order valence-corrected chi connectivity index (χ4v) is 8.04. The highest BCUT2D eigenvalue weighted by molar-refractivity contribution is 7.09. The van der Waals surface area contributed by atoms with E-state index in [-0.39, 0.29) is 23.8 Å². The smallest absolute Gasteiger partial charge is 0.242 e. The molecule has 1 heterocycles. The zero-order valence-corrected chi connectivity index (χ0v) is 22.1. The Kier molecular flexibility index (Phi) is 7.34. The van der Waals surface area contributed by atoms with Gasteiger partial charge >= 0.3 is 0 Å². The van der Waals surface area contributed by atoms with Crippen LogP contribution >= 0.6 is 11.3 Å². The predicted molar refractivity (Wildman–Crippen MR) is 142 cm³/mol. The lowest BCUT2D eigenvalue weighted by Gasteiger charge is -2.56. The van der Waals surface area contributed by atoms with E-state index in [9.17, 15) is 9.59 Å². The summed E-state index contributed by atoms with van der Waals surface area (Å²) in [4.78, 5) is 33.1. The third-order valence-corrected chi connectivity index (χ3v) is 9.69. The Morgan fingerprint density at radius 3 is 2.17 bits per heavy atom. The molecule has 0 saturated heterocycles. The van der Waals surface area contributed by atoms with E-state index in [1.807, 2.05) is 34.1 Å². The van der Waals surface area contributed by atoms with Gasteiger partial charge in [0.25, 0.3) is 0 Å². The van der Waals surface area contributed by atoms with Crippen LogP contribution in [0.25, 0.3) is 0 Å². The van der Waals surface area contributed by atoms with E-state index in [0.29, 0.717) is 25.6 Å². The Labute approximate surface area is 214 Å². The molecule has 4 nitrogen and oxygen atoms in total. The molecular weight excluding hydrogens is 452 g/mol. The first-order chi connectivity index (χ1) is 16.9. The number of amides is 2. The second kappa shape index (κ2) is 10.5. The maximum atomic E-state index is 14.2. The SMILES string of the molecule is CCC(C)CN(CC(=O)N(Cc1ccccc1)Cc1cccs1)C(=O)C12CC3CC(CC(C3)C1)C2. The minimum atomic E-state index is -0.208. The average Bonchev–Trinajstić information content (AvgIpc) is 3.35. The van der Waals surface area contributed by atoms with Crippen LogP contribution in [0, 0.1) is 29.1 Å². The Morgan fingerprint density at radius 2 is 1.60 bits per heavy atom.